The van der Waals surface area contributed by atoms with Crippen molar-refractivity contribution in [3.05, 3.63) is 43.1 Å². The van der Waals surface area contributed by atoms with Crippen molar-refractivity contribution in [2.75, 3.05) is 5.32 Å². The Hall–Kier alpha value is -2.50. The number of hydrogen-bond donors (Lipinski definition) is 1. The van der Waals surface area contributed by atoms with Crippen molar-refractivity contribution in [2.24, 2.45) is 5.92 Å². The molecule has 2 aromatic rings. The largest absolute Gasteiger partial charge is 0.324 e. The first kappa shape index (κ1) is 12.5. The summed E-state index contributed by atoms with van der Waals surface area (Å²) in [4.78, 5) is 20.2. The summed E-state index contributed by atoms with van der Waals surface area (Å²) in [7, 11) is 0. The van der Waals surface area contributed by atoms with E-state index in [1.165, 1.54) is 6.33 Å². The maximum Gasteiger partial charge on any atom is 0.227 e. The second kappa shape index (κ2) is 5.64. The number of anilines is 1. The van der Waals surface area contributed by atoms with Crippen LogP contribution in [0.4, 0.5) is 5.69 Å². The van der Waals surface area contributed by atoms with Gasteiger partial charge in [0.1, 0.15) is 12.7 Å². The van der Waals surface area contributed by atoms with Gasteiger partial charge in [0.15, 0.2) is 5.82 Å². The quantitative estimate of drug-likeness (QED) is 0.864. The second-order valence-corrected chi connectivity index (χ2v) is 4.72. The lowest BCUT2D eigenvalue weighted by molar-refractivity contribution is -0.120. The van der Waals surface area contributed by atoms with E-state index < -0.39 is 0 Å². The van der Waals surface area contributed by atoms with E-state index in [1.807, 2.05) is 6.07 Å². The molecule has 0 fully saturated rings. The average Bonchev–Trinajstić information content (AvgIpc) is 3.03. The van der Waals surface area contributed by atoms with Crippen LogP contribution in [-0.2, 0) is 4.79 Å². The number of carbonyl (C=O) groups excluding carboxylic acids is 1. The van der Waals surface area contributed by atoms with E-state index in [4.69, 9.17) is 0 Å². The molecule has 102 valence electrons. The summed E-state index contributed by atoms with van der Waals surface area (Å²) in [5.74, 6) is 0.792. The van der Waals surface area contributed by atoms with Gasteiger partial charge in [-0.25, -0.2) is 14.6 Å². The van der Waals surface area contributed by atoms with Crippen LogP contribution in [0, 0.1) is 5.92 Å². The van der Waals surface area contributed by atoms with Gasteiger partial charge in [-0.3, -0.25) is 4.79 Å². The number of nitrogens with zero attached hydrogens (tertiary/aromatic N) is 4. The third-order valence-corrected chi connectivity index (χ3v) is 3.31. The monoisotopic (exact) mass is 269 g/mol. The van der Waals surface area contributed by atoms with E-state index in [0.717, 1.165) is 19.3 Å². The zero-order valence-electron chi connectivity index (χ0n) is 10.9. The molecule has 20 heavy (non-hydrogen) atoms. The normalized spacial score (nSPS) is 17.9. The molecule has 0 unspecified atom stereocenters. The number of pyridine rings is 1. The Kier molecular flexibility index (Phi) is 3.54. The molecule has 1 amide bonds. The van der Waals surface area contributed by atoms with Gasteiger partial charge in [-0.15, -0.1) is 0 Å². The summed E-state index contributed by atoms with van der Waals surface area (Å²) in [6.07, 6.45) is 11.6. The molecule has 2 heterocycles. The Morgan fingerprint density at radius 3 is 2.95 bits per heavy atom. The molecule has 0 aromatic carbocycles. The third-order valence-electron chi connectivity index (χ3n) is 3.31. The number of carbonyl (C=O) groups is 1. The highest BCUT2D eigenvalue weighted by Crippen LogP contribution is 2.20. The number of allylic oxidation sites excluding steroid dienone is 2. The van der Waals surface area contributed by atoms with Crippen molar-refractivity contribution in [1.29, 1.82) is 0 Å². The fourth-order valence-electron chi connectivity index (χ4n) is 2.20. The van der Waals surface area contributed by atoms with Crippen LogP contribution in [0.3, 0.4) is 0 Å². The average molecular weight is 269 g/mol. The standard InChI is InChI=1S/C14H15N5O/c20-14(11-4-2-1-3-5-11)18-12-6-7-13(16-8-12)19-10-15-9-17-19/h1-2,6-11H,3-5H2,(H,18,20)/t11-/m0/s1. The lowest BCUT2D eigenvalue weighted by atomic mass is 9.93. The van der Waals surface area contributed by atoms with Crippen molar-refractivity contribution < 1.29 is 4.79 Å². The first-order valence-corrected chi connectivity index (χ1v) is 6.60. The van der Waals surface area contributed by atoms with Gasteiger partial charge in [0.2, 0.25) is 5.91 Å². The van der Waals surface area contributed by atoms with Crippen LogP contribution >= 0.6 is 0 Å². The first-order valence-electron chi connectivity index (χ1n) is 6.60. The molecule has 6 nitrogen and oxygen atoms in total. The number of rotatable bonds is 3. The van der Waals surface area contributed by atoms with E-state index in [9.17, 15) is 4.79 Å². The van der Waals surface area contributed by atoms with E-state index in [-0.39, 0.29) is 11.8 Å². The van der Waals surface area contributed by atoms with Crippen LogP contribution in [-0.4, -0.2) is 25.7 Å². The molecule has 1 aliphatic carbocycles. The molecular weight excluding hydrogens is 254 g/mol. The van der Waals surface area contributed by atoms with Gasteiger partial charge in [0.25, 0.3) is 0 Å². The topological polar surface area (TPSA) is 72.7 Å². The maximum absolute atomic E-state index is 12.1. The zero-order valence-corrected chi connectivity index (χ0v) is 10.9. The van der Waals surface area contributed by atoms with Gasteiger partial charge in [0.05, 0.1) is 11.9 Å². The van der Waals surface area contributed by atoms with Gasteiger partial charge < -0.3 is 5.32 Å². The van der Waals surface area contributed by atoms with Crippen LogP contribution < -0.4 is 5.32 Å². The fraction of sp³-hybridized carbons (Fsp3) is 0.286. The van der Waals surface area contributed by atoms with Crippen molar-refractivity contribution in [3.8, 4) is 5.82 Å². The lowest BCUT2D eigenvalue weighted by Gasteiger charge is -2.17. The summed E-state index contributed by atoms with van der Waals surface area (Å²) in [5.41, 5.74) is 0.702. The minimum Gasteiger partial charge on any atom is -0.324 e. The van der Waals surface area contributed by atoms with Gasteiger partial charge in [-0.05, 0) is 31.4 Å². The van der Waals surface area contributed by atoms with Gasteiger partial charge in [-0.2, -0.15) is 5.10 Å². The molecule has 0 aliphatic heterocycles. The van der Waals surface area contributed by atoms with E-state index >= 15 is 0 Å². The van der Waals surface area contributed by atoms with Crippen LogP contribution in [0.2, 0.25) is 0 Å². The highest BCUT2D eigenvalue weighted by atomic mass is 16.1. The predicted molar refractivity (Wildman–Crippen MR) is 74.3 cm³/mol. The highest BCUT2D eigenvalue weighted by molar-refractivity contribution is 5.92. The Morgan fingerprint density at radius 2 is 2.30 bits per heavy atom. The predicted octanol–water partition coefficient (Wildman–Crippen LogP) is 1.96. The number of hydrogen-bond acceptors (Lipinski definition) is 4. The van der Waals surface area contributed by atoms with Gasteiger partial charge >= 0.3 is 0 Å². The van der Waals surface area contributed by atoms with Crippen LogP contribution in [0.15, 0.2) is 43.1 Å². The Balaban J connectivity index is 1.66. The Morgan fingerprint density at radius 1 is 1.35 bits per heavy atom. The van der Waals surface area contributed by atoms with E-state index in [2.05, 4.69) is 32.5 Å². The molecule has 0 saturated heterocycles. The summed E-state index contributed by atoms with van der Waals surface area (Å²) in [5, 5.41) is 6.90. The van der Waals surface area contributed by atoms with Crippen LogP contribution in [0.25, 0.3) is 5.82 Å². The number of aromatic nitrogens is 4. The van der Waals surface area contributed by atoms with Gasteiger partial charge in [0, 0.05) is 5.92 Å². The molecule has 3 rings (SSSR count). The first-order chi connectivity index (χ1) is 9.83. The summed E-state index contributed by atoms with van der Waals surface area (Å²) >= 11 is 0. The lowest BCUT2D eigenvalue weighted by Crippen LogP contribution is -2.23. The second-order valence-electron chi connectivity index (χ2n) is 4.72. The number of amides is 1. The van der Waals surface area contributed by atoms with Crippen molar-refractivity contribution in [1.82, 2.24) is 19.7 Å². The van der Waals surface area contributed by atoms with Crippen LogP contribution in [0.5, 0.6) is 0 Å². The Labute approximate surface area is 116 Å². The maximum atomic E-state index is 12.1. The van der Waals surface area contributed by atoms with Gasteiger partial charge in [-0.1, -0.05) is 12.2 Å². The Bertz CT molecular complexity index is 603. The molecule has 0 radical (unpaired) electrons. The van der Waals surface area contributed by atoms with Crippen molar-refractivity contribution in [2.45, 2.75) is 19.3 Å². The smallest absolute Gasteiger partial charge is 0.227 e. The summed E-state index contributed by atoms with van der Waals surface area (Å²) < 4.78 is 1.57. The zero-order chi connectivity index (χ0) is 13.8. The fourth-order valence-corrected chi connectivity index (χ4v) is 2.20. The van der Waals surface area contributed by atoms with Crippen molar-refractivity contribution >= 4 is 11.6 Å². The highest BCUT2D eigenvalue weighted by Gasteiger charge is 2.18. The molecule has 1 N–H and O–H groups in total. The van der Waals surface area contributed by atoms with Crippen LogP contribution in [0.1, 0.15) is 19.3 Å². The van der Waals surface area contributed by atoms with Crippen molar-refractivity contribution in [3.63, 3.8) is 0 Å². The number of nitrogens with one attached hydrogen (secondary N) is 1. The SMILES string of the molecule is O=C(Nc1ccc(-n2cncn2)nc1)[C@H]1CC=CCC1. The minimum absolute atomic E-state index is 0.0599. The molecule has 6 heteroatoms. The van der Waals surface area contributed by atoms with E-state index in [0.29, 0.717) is 11.5 Å². The molecular formula is C14H15N5O. The van der Waals surface area contributed by atoms with E-state index in [1.54, 1.807) is 23.3 Å². The molecule has 0 saturated carbocycles. The summed E-state index contributed by atoms with van der Waals surface area (Å²) in [6, 6.07) is 3.62. The molecule has 1 aliphatic rings. The molecule has 1 atom stereocenters. The molecule has 2 aromatic heterocycles. The minimum atomic E-state index is 0.0599. The third kappa shape index (κ3) is 2.74. The summed E-state index contributed by atoms with van der Waals surface area (Å²) in [6.45, 7) is 0. The molecule has 0 bridgehead atoms. The molecule has 0 spiro atoms.